The van der Waals surface area contributed by atoms with Crippen molar-refractivity contribution in [2.75, 3.05) is 5.32 Å². The Kier molecular flexibility index (Phi) is 9.86. The van der Waals surface area contributed by atoms with E-state index in [9.17, 15) is 14.0 Å². The second-order valence-corrected chi connectivity index (χ2v) is 11.8. The topological polar surface area (TPSA) is 111 Å². The van der Waals surface area contributed by atoms with Gasteiger partial charge in [0, 0.05) is 42.7 Å². The molecule has 0 bridgehead atoms. The van der Waals surface area contributed by atoms with Gasteiger partial charge in [0.2, 0.25) is 11.9 Å². The van der Waals surface area contributed by atoms with Crippen molar-refractivity contribution in [1.82, 2.24) is 26.1 Å². The highest BCUT2D eigenvalue weighted by Crippen LogP contribution is 2.31. The van der Waals surface area contributed by atoms with Gasteiger partial charge in [-0.05, 0) is 63.4 Å². The Morgan fingerprint density at radius 3 is 2.38 bits per heavy atom. The summed E-state index contributed by atoms with van der Waals surface area (Å²) in [6.07, 6.45) is 10.3. The molecule has 2 aliphatic rings. The third-order valence-corrected chi connectivity index (χ3v) is 7.16. The van der Waals surface area contributed by atoms with Gasteiger partial charge in [-0.2, -0.15) is 4.99 Å². The number of guanidine groups is 1. The monoisotopic (exact) mass is 551 g/mol. The van der Waals surface area contributed by atoms with E-state index in [1.54, 1.807) is 6.07 Å². The van der Waals surface area contributed by atoms with Crippen molar-refractivity contribution in [3.8, 4) is 0 Å². The van der Waals surface area contributed by atoms with Crippen molar-refractivity contribution in [1.29, 1.82) is 0 Å². The Balaban J connectivity index is 1.61. The molecule has 2 unspecified atom stereocenters. The number of hydrogen-bond acceptors (Lipinski definition) is 5. The number of aromatic nitrogens is 1. The van der Waals surface area contributed by atoms with E-state index in [1.165, 1.54) is 63.4 Å². The average Bonchev–Trinajstić information content (AvgIpc) is 3.26. The first kappa shape index (κ1) is 29.6. The number of amides is 2. The molecular formula is C30H42FN7O2. The van der Waals surface area contributed by atoms with Crippen molar-refractivity contribution in [3.05, 3.63) is 59.5 Å². The number of carbonyl (C=O) groups is 2. The zero-order valence-electron chi connectivity index (χ0n) is 24.0. The van der Waals surface area contributed by atoms with Gasteiger partial charge in [-0.15, -0.1) is 0 Å². The molecule has 2 aromatic rings. The number of nitrogens with one attached hydrogen (secondary N) is 4. The fraction of sp³-hybridized carbons (Fsp3) is 0.533. The molecule has 1 aromatic carbocycles. The summed E-state index contributed by atoms with van der Waals surface area (Å²) in [6, 6.07) is 10.1. The number of rotatable bonds is 5. The van der Waals surface area contributed by atoms with E-state index in [-0.39, 0.29) is 29.5 Å². The summed E-state index contributed by atoms with van der Waals surface area (Å²) >= 11 is 0. The first-order valence-corrected chi connectivity index (χ1v) is 14.3. The fourth-order valence-electron chi connectivity index (χ4n) is 5.35. The molecular weight excluding hydrogens is 509 g/mol. The minimum absolute atomic E-state index is 0.00413. The van der Waals surface area contributed by atoms with Crippen molar-refractivity contribution >= 4 is 23.6 Å². The molecule has 0 spiro atoms. The highest BCUT2D eigenvalue weighted by Gasteiger charge is 2.37. The van der Waals surface area contributed by atoms with Crippen LogP contribution in [0.2, 0.25) is 0 Å². The largest absolute Gasteiger partial charge is 0.351 e. The van der Waals surface area contributed by atoms with E-state index in [0.717, 1.165) is 18.4 Å². The quantitative estimate of drug-likeness (QED) is 0.304. The summed E-state index contributed by atoms with van der Waals surface area (Å²) in [6.45, 7) is 7.42. The lowest BCUT2D eigenvalue weighted by molar-refractivity contribution is -0.114. The number of halogens is 1. The fourth-order valence-corrected chi connectivity index (χ4v) is 5.35. The smallest absolute Gasteiger partial charge is 0.280 e. The zero-order chi connectivity index (χ0) is 28.7. The molecule has 2 atom stereocenters. The van der Waals surface area contributed by atoms with Crippen LogP contribution >= 0.6 is 0 Å². The number of hydrazine groups is 1. The third kappa shape index (κ3) is 8.56. The molecule has 0 radical (unpaired) electrons. The van der Waals surface area contributed by atoms with Gasteiger partial charge in [0.05, 0.1) is 6.17 Å². The second-order valence-electron chi connectivity index (χ2n) is 11.8. The Bertz CT molecular complexity index is 1190. The van der Waals surface area contributed by atoms with Crippen molar-refractivity contribution in [2.24, 2.45) is 4.99 Å². The molecule has 1 aromatic heterocycles. The molecule has 2 amide bonds. The van der Waals surface area contributed by atoms with Crippen LogP contribution in [0.1, 0.15) is 101 Å². The molecule has 40 heavy (non-hydrogen) atoms. The first-order valence-electron chi connectivity index (χ1n) is 14.3. The third-order valence-electron chi connectivity index (χ3n) is 7.16. The number of nitrogens with zero attached hydrogens (tertiary/aromatic N) is 3. The van der Waals surface area contributed by atoms with Gasteiger partial charge in [0.15, 0.2) is 0 Å². The van der Waals surface area contributed by atoms with Gasteiger partial charge >= 0.3 is 0 Å². The van der Waals surface area contributed by atoms with E-state index in [4.69, 9.17) is 0 Å². The van der Waals surface area contributed by atoms with Crippen LogP contribution < -0.4 is 21.4 Å². The molecule has 2 fully saturated rings. The maximum atomic E-state index is 13.7. The van der Waals surface area contributed by atoms with Crippen LogP contribution in [0.5, 0.6) is 0 Å². The van der Waals surface area contributed by atoms with Crippen LogP contribution in [-0.4, -0.2) is 45.5 Å². The average molecular weight is 552 g/mol. The Labute approximate surface area is 236 Å². The molecule has 216 valence electrons. The number of carbonyl (C=O) groups excluding carboxylic acids is 2. The lowest BCUT2D eigenvalue weighted by Crippen LogP contribution is -2.57. The van der Waals surface area contributed by atoms with Gasteiger partial charge < -0.3 is 16.0 Å². The summed E-state index contributed by atoms with van der Waals surface area (Å²) < 4.78 is 13.7. The van der Waals surface area contributed by atoms with Crippen LogP contribution in [0.15, 0.2) is 47.6 Å². The molecule has 9 nitrogen and oxygen atoms in total. The first-order chi connectivity index (χ1) is 19.1. The highest BCUT2D eigenvalue weighted by molar-refractivity contribution is 6.03. The standard InChI is InChI=1S/C30H42FN7O2/c1-20(39)33-26-18-22(16-17-32-26)28(40)35-29(36-30(2,3)4)34-27-19-25(21-12-14-23(31)15-13-21)37-38(27)24-10-8-6-5-7-9-11-24/h12-18,24-25,27,37H,5-11,19H2,1-4H3,(H,32,33,39)(H2,34,35,36,40). The summed E-state index contributed by atoms with van der Waals surface area (Å²) in [5, 5.41) is 11.8. The number of benzene rings is 1. The van der Waals surface area contributed by atoms with E-state index in [0.29, 0.717) is 29.8 Å². The molecule has 4 N–H and O–H groups in total. The lowest BCUT2D eigenvalue weighted by atomic mass is 9.96. The summed E-state index contributed by atoms with van der Waals surface area (Å²) in [5.74, 6) is -0.307. The number of pyridine rings is 1. The number of hydrogen-bond donors (Lipinski definition) is 4. The summed E-state index contributed by atoms with van der Waals surface area (Å²) in [7, 11) is 0. The maximum Gasteiger partial charge on any atom is 0.280 e. The van der Waals surface area contributed by atoms with E-state index >= 15 is 0 Å². The van der Waals surface area contributed by atoms with E-state index < -0.39 is 5.91 Å². The van der Waals surface area contributed by atoms with Gasteiger partial charge in [-0.3, -0.25) is 9.59 Å². The predicted molar refractivity (Wildman–Crippen MR) is 155 cm³/mol. The van der Waals surface area contributed by atoms with Crippen LogP contribution in [0, 0.1) is 5.82 Å². The van der Waals surface area contributed by atoms with Crippen molar-refractivity contribution in [2.45, 2.75) is 103 Å². The van der Waals surface area contributed by atoms with Crippen molar-refractivity contribution in [3.63, 3.8) is 0 Å². The molecule has 1 saturated carbocycles. The van der Waals surface area contributed by atoms with Crippen LogP contribution in [0.4, 0.5) is 10.2 Å². The minimum atomic E-state index is -0.452. The maximum absolute atomic E-state index is 13.7. The minimum Gasteiger partial charge on any atom is -0.351 e. The predicted octanol–water partition coefficient (Wildman–Crippen LogP) is 5.04. The molecule has 2 heterocycles. The normalized spacial score (nSPS) is 21.4. The van der Waals surface area contributed by atoms with Gasteiger partial charge in [-0.1, -0.05) is 44.2 Å². The summed E-state index contributed by atoms with van der Waals surface area (Å²) in [4.78, 5) is 33.3. The molecule has 1 saturated heterocycles. The van der Waals surface area contributed by atoms with Crippen LogP contribution in [-0.2, 0) is 4.79 Å². The van der Waals surface area contributed by atoms with Gasteiger partial charge in [0.1, 0.15) is 11.6 Å². The summed E-state index contributed by atoms with van der Waals surface area (Å²) in [5.41, 5.74) is 4.68. The Morgan fingerprint density at radius 1 is 1.05 bits per heavy atom. The van der Waals surface area contributed by atoms with Gasteiger partial charge in [-0.25, -0.2) is 19.8 Å². The van der Waals surface area contributed by atoms with E-state index in [1.807, 2.05) is 32.9 Å². The van der Waals surface area contributed by atoms with Crippen LogP contribution in [0.25, 0.3) is 0 Å². The Morgan fingerprint density at radius 2 is 1.73 bits per heavy atom. The molecule has 1 aliphatic heterocycles. The zero-order valence-corrected chi connectivity index (χ0v) is 24.0. The SMILES string of the molecule is CC(=O)Nc1cc(C(=O)/N=C(\NC2CC(c3ccc(F)cc3)NN2C2CCCCCCC2)NC(C)(C)C)ccn1. The number of anilines is 1. The highest BCUT2D eigenvalue weighted by atomic mass is 19.1. The number of aliphatic imine (C=N–C) groups is 1. The lowest BCUT2D eigenvalue weighted by Gasteiger charge is -2.35. The van der Waals surface area contributed by atoms with Crippen LogP contribution in [0.3, 0.4) is 0 Å². The molecule has 1 aliphatic carbocycles. The Hall–Kier alpha value is -3.37. The molecule has 4 rings (SSSR count). The van der Waals surface area contributed by atoms with E-state index in [2.05, 4.69) is 36.4 Å². The van der Waals surface area contributed by atoms with Gasteiger partial charge in [0.25, 0.3) is 5.91 Å². The second kappa shape index (κ2) is 13.3. The molecule has 10 heteroatoms. The van der Waals surface area contributed by atoms with Crippen molar-refractivity contribution < 1.29 is 14.0 Å².